The van der Waals surface area contributed by atoms with Crippen LogP contribution in [0.3, 0.4) is 0 Å². The van der Waals surface area contributed by atoms with Crippen molar-refractivity contribution in [2.45, 2.75) is 76.9 Å². The van der Waals surface area contributed by atoms with Gasteiger partial charge in [0.05, 0.1) is 31.1 Å². The Morgan fingerprint density at radius 3 is 2.67 bits per heavy atom. The maximum Gasteiger partial charge on any atom is 0.248 e. The zero-order valence-electron chi connectivity index (χ0n) is 19.8. The molecule has 0 aliphatic carbocycles. The molecule has 2 aliphatic rings. The molecule has 0 spiro atoms. The molecule has 0 saturated carbocycles. The molecule has 2 amide bonds. The molecule has 3 heterocycles. The van der Waals surface area contributed by atoms with Gasteiger partial charge in [0.25, 0.3) is 0 Å². The van der Waals surface area contributed by atoms with Crippen molar-refractivity contribution in [3.8, 4) is 6.07 Å². The van der Waals surface area contributed by atoms with Gasteiger partial charge in [-0.3, -0.25) is 9.59 Å². The first-order valence-corrected chi connectivity index (χ1v) is 11.4. The molecule has 33 heavy (non-hydrogen) atoms. The summed E-state index contributed by atoms with van der Waals surface area (Å²) in [5.74, 6) is -1.37. The van der Waals surface area contributed by atoms with Gasteiger partial charge in [0, 0.05) is 45.5 Å². The van der Waals surface area contributed by atoms with E-state index < -0.39 is 29.4 Å². The Balaban J connectivity index is 1.77. The lowest BCUT2D eigenvalue weighted by atomic mass is 9.85. The third kappa shape index (κ3) is 5.69. The quantitative estimate of drug-likeness (QED) is 0.570. The van der Waals surface area contributed by atoms with Crippen molar-refractivity contribution in [1.29, 1.82) is 5.26 Å². The highest BCUT2D eigenvalue weighted by molar-refractivity contribution is 5.90. The van der Waals surface area contributed by atoms with Crippen LogP contribution in [-0.4, -0.2) is 81.6 Å². The Hall–Kier alpha value is -2.55. The average Bonchev–Trinajstić information content (AvgIpc) is 3.50. The number of aliphatic hydroxyl groups is 1. The molecular formula is C22H34N6O5. The molecule has 2 unspecified atom stereocenters. The number of aliphatic hydroxyl groups excluding tert-OH is 1. The Bertz CT molecular complexity index is 883. The standard InChI is InChI=1S/C22H34N6O5/c1-21(2,3)18(20(31)27-14-16(29)12-17(27)19(30)24-4)28-13-15(25-26-28)6-8-22(7-5-9-23)32-10-11-33-22/h13,16-18,29H,5-8,10-12,14H2,1-4H3,(H,24,30)/t16?,17?,18-/m1/s1. The molecule has 1 aromatic rings. The highest BCUT2D eigenvalue weighted by atomic mass is 16.7. The smallest absolute Gasteiger partial charge is 0.248 e. The number of nitrogens with zero attached hydrogens (tertiary/aromatic N) is 5. The van der Waals surface area contributed by atoms with Crippen LogP contribution >= 0.6 is 0 Å². The van der Waals surface area contributed by atoms with E-state index in [9.17, 15) is 14.7 Å². The number of carbonyl (C=O) groups is 2. The van der Waals surface area contributed by atoms with Crippen LogP contribution in [0.4, 0.5) is 0 Å². The molecule has 0 aromatic carbocycles. The number of ether oxygens (including phenoxy) is 2. The number of nitrogens with one attached hydrogen (secondary N) is 1. The molecule has 2 aliphatic heterocycles. The summed E-state index contributed by atoms with van der Waals surface area (Å²) in [7, 11) is 1.52. The van der Waals surface area contributed by atoms with Crippen molar-refractivity contribution < 1.29 is 24.2 Å². The number of hydrogen-bond donors (Lipinski definition) is 2. The molecule has 2 saturated heterocycles. The number of aromatic nitrogens is 3. The number of amides is 2. The highest BCUT2D eigenvalue weighted by Gasteiger charge is 2.45. The summed E-state index contributed by atoms with van der Waals surface area (Å²) in [6, 6.07) is 0.704. The minimum absolute atomic E-state index is 0.0984. The number of aryl methyl sites for hydroxylation is 1. The zero-order chi connectivity index (χ0) is 24.2. The van der Waals surface area contributed by atoms with Crippen LogP contribution in [0.25, 0.3) is 0 Å². The molecule has 0 radical (unpaired) electrons. The Morgan fingerprint density at radius 2 is 2.06 bits per heavy atom. The first-order valence-electron chi connectivity index (χ1n) is 11.4. The van der Waals surface area contributed by atoms with Gasteiger partial charge in [0.2, 0.25) is 11.8 Å². The van der Waals surface area contributed by atoms with Crippen molar-refractivity contribution in [2.24, 2.45) is 5.41 Å². The number of β-amino-alcohol motifs (C(OH)–C–C–N with tert-alkyl or cyclic N) is 1. The summed E-state index contributed by atoms with van der Waals surface area (Å²) >= 11 is 0. The molecule has 1 aromatic heterocycles. The lowest BCUT2D eigenvalue weighted by Crippen LogP contribution is -2.49. The average molecular weight is 463 g/mol. The van der Waals surface area contributed by atoms with Gasteiger partial charge >= 0.3 is 0 Å². The second-order valence-electron chi connectivity index (χ2n) is 9.73. The minimum Gasteiger partial charge on any atom is -0.391 e. The fourth-order valence-electron chi connectivity index (χ4n) is 4.54. The van der Waals surface area contributed by atoms with Crippen LogP contribution in [0.15, 0.2) is 6.20 Å². The summed E-state index contributed by atoms with van der Waals surface area (Å²) in [5, 5.41) is 30.1. The van der Waals surface area contributed by atoms with Crippen LogP contribution in [0.2, 0.25) is 0 Å². The van der Waals surface area contributed by atoms with E-state index in [0.717, 1.165) is 0 Å². The fraction of sp³-hybridized carbons (Fsp3) is 0.773. The van der Waals surface area contributed by atoms with Crippen LogP contribution < -0.4 is 5.32 Å². The molecular weight excluding hydrogens is 428 g/mol. The number of likely N-dealkylation sites (tertiary alicyclic amines) is 1. The number of likely N-dealkylation sites (N-methyl/N-ethyl adjacent to an activating group) is 1. The maximum absolute atomic E-state index is 13.6. The van der Waals surface area contributed by atoms with Gasteiger partial charge in [-0.15, -0.1) is 5.10 Å². The largest absolute Gasteiger partial charge is 0.391 e. The van der Waals surface area contributed by atoms with E-state index in [1.54, 1.807) is 10.9 Å². The van der Waals surface area contributed by atoms with Crippen molar-refractivity contribution in [3.63, 3.8) is 0 Å². The first kappa shape index (κ1) is 25.1. The van der Waals surface area contributed by atoms with Gasteiger partial charge < -0.3 is 24.8 Å². The van der Waals surface area contributed by atoms with Gasteiger partial charge in [0.1, 0.15) is 12.1 Å². The molecule has 2 fully saturated rings. The molecule has 11 heteroatoms. The van der Waals surface area contributed by atoms with Crippen LogP contribution in [0.5, 0.6) is 0 Å². The van der Waals surface area contributed by atoms with E-state index in [-0.39, 0.29) is 24.8 Å². The Kier molecular flexibility index (Phi) is 7.72. The number of hydrogen-bond acceptors (Lipinski definition) is 8. The van der Waals surface area contributed by atoms with Gasteiger partial charge in [-0.25, -0.2) is 4.68 Å². The van der Waals surface area contributed by atoms with E-state index in [4.69, 9.17) is 14.7 Å². The van der Waals surface area contributed by atoms with Crippen LogP contribution in [-0.2, 0) is 25.5 Å². The highest BCUT2D eigenvalue weighted by Crippen LogP contribution is 2.35. The SMILES string of the molecule is CNC(=O)C1CC(O)CN1C(=O)[C@@H](n1cc(CCC2(CCC#N)OCCO2)nn1)C(C)(C)C. The molecule has 182 valence electrons. The van der Waals surface area contributed by atoms with E-state index in [0.29, 0.717) is 44.6 Å². The topological polar surface area (TPSA) is 143 Å². The summed E-state index contributed by atoms with van der Waals surface area (Å²) < 4.78 is 13.1. The second-order valence-corrected chi connectivity index (χ2v) is 9.73. The van der Waals surface area contributed by atoms with Gasteiger partial charge in [0.15, 0.2) is 5.79 Å². The predicted octanol–water partition coefficient (Wildman–Crippen LogP) is 0.553. The van der Waals surface area contributed by atoms with E-state index >= 15 is 0 Å². The van der Waals surface area contributed by atoms with Crippen molar-refractivity contribution >= 4 is 11.8 Å². The monoisotopic (exact) mass is 462 g/mol. The fourth-order valence-corrected chi connectivity index (χ4v) is 4.54. The number of nitriles is 1. The van der Waals surface area contributed by atoms with Gasteiger partial charge in [-0.2, -0.15) is 5.26 Å². The molecule has 3 rings (SSSR count). The van der Waals surface area contributed by atoms with Crippen molar-refractivity contribution in [1.82, 2.24) is 25.2 Å². The van der Waals surface area contributed by atoms with Crippen molar-refractivity contribution in [3.05, 3.63) is 11.9 Å². The molecule has 0 bridgehead atoms. The van der Waals surface area contributed by atoms with E-state index in [1.165, 1.54) is 11.9 Å². The summed E-state index contributed by atoms with van der Waals surface area (Å²) in [6.07, 6.45) is 3.05. The number of rotatable bonds is 8. The maximum atomic E-state index is 13.6. The first-order chi connectivity index (χ1) is 15.6. The van der Waals surface area contributed by atoms with E-state index in [1.807, 2.05) is 20.8 Å². The summed E-state index contributed by atoms with van der Waals surface area (Å²) in [6.45, 7) is 6.86. The lowest BCUT2D eigenvalue weighted by Gasteiger charge is -2.34. The molecule has 3 atom stereocenters. The lowest BCUT2D eigenvalue weighted by molar-refractivity contribution is -0.165. The third-order valence-electron chi connectivity index (χ3n) is 6.18. The Labute approximate surface area is 194 Å². The van der Waals surface area contributed by atoms with Crippen molar-refractivity contribution in [2.75, 3.05) is 26.8 Å². The Morgan fingerprint density at radius 1 is 1.36 bits per heavy atom. The molecule has 11 nitrogen and oxygen atoms in total. The second kappa shape index (κ2) is 10.2. The van der Waals surface area contributed by atoms with Crippen LogP contribution in [0, 0.1) is 16.7 Å². The third-order valence-corrected chi connectivity index (χ3v) is 6.18. The molecule has 2 N–H and O–H groups in total. The predicted molar refractivity (Wildman–Crippen MR) is 117 cm³/mol. The van der Waals surface area contributed by atoms with Crippen LogP contribution in [0.1, 0.15) is 58.2 Å². The summed E-state index contributed by atoms with van der Waals surface area (Å²) in [5.41, 5.74) is 0.158. The normalized spacial score (nSPS) is 23.3. The zero-order valence-corrected chi connectivity index (χ0v) is 19.8. The van der Waals surface area contributed by atoms with Gasteiger partial charge in [-0.1, -0.05) is 26.0 Å². The number of carbonyl (C=O) groups excluding carboxylic acids is 2. The summed E-state index contributed by atoms with van der Waals surface area (Å²) in [4.78, 5) is 27.3. The van der Waals surface area contributed by atoms with Gasteiger partial charge in [-0.05, 0) is 11.8 Å². The minimum atomic E-state index is -0.787. The van der Waals surface area contributed by atoms with E-state index in [2.05, 4.69) is 21.7 Å².